The summed E-state index contributed by atoms with van der Waals surface area (Å²) in [5, 5.41) is 0. The molecule has 0 aromatic rings. The second-order valence-corrected chi connectivity index (χ2v) is 4.15. The lowest BCUT2D eigenvalue weighted by Crippen LogP contribution is -2.30. The molecule has 0 aromatic heterocycles. The van der Waals surface area contributed by atoms with Gasteiger partial charge in [0.1, 0.15) is 5.76 Å². The van der Waals surface area contributed by atoms with E-state index < -0.39 is 0 Å². The molecule has 0 fully saturated rings. The molecule has 82 valence electrons. The van der Waals surface area contributed by atoms with Gasteiger partial charge in [-0.1, -0.05) is 13.8 Å². The number of ether oxygens (including phenoxy) is 1. The summed E-state index contributed by atoms with van der Waals surface area (Å²) in [7, 11) is 3.96. The fourth-order valence-corrected chi connectivity index (χ4v) is 2.29. The van der Waals surface area contributed by atoms with Gasteiger partial charge in [0, 0.05) is 6.54 Å². The minimum absolute atomic E-state index is 0.735. The van der Waals surface area contributed by atoms with Gasteiger partial charge in [0.15, 0.2) is 0 Å². The van der Waals surface area contributed by atoms with Gasteiger partial charge >= 0.3 is 0 Å². The van der Waals surface area contributed by atoms with Gasteiger partial charge in [-0.25, -0.2) is 0 Å². The van der Waals surface area contributed by atoms with Crippen molar-refractivity contribution in [3.05, 3.63) is 11.3 Å². The summed E-state index contributed by atoms with van der Waals surface area (Å²) in [6, 6.07) is 0. The first-order valence-electron chi connectivity index (χ1n) is 5.67. The van der Waals surface area contributed by atoms with Crippen LogP contribution in [0.4, 0.5) is 0 Å². The SMILES string of the molecule is CCC(CC)C1=C(OC)CN(C)CC1. The van der Waals surface area contributed by atoms with Crippen LogP contribution in [-0.2, 0) is 4.74 Å². The summed E-state index contributed by atoms with van der Waals surface area (Å²) in [5.74, 6) is 1.95. The molecule has 0 radical (unpaired) electrons. The van der Waals surface area contributed by atoms with E-state index in [0.717, 1.165) is 12.5 Å². The second-order valence-electron chi connectivity index (χ2n) is 4.15. The van der Waals surface area contributed by atoms with E-state index in [0.29, 0.717) is 0 Å². The Morgan fingerprint density at radius 3 is 2.50 bits per heavy atom. The van der Waals surface area contributed by atoms with E-state index in [1.165, 1.54) is 31.6 Å². The van der Waals surface area contributed by atoms with Crippen LogP contribution in [0.2, 0.25) is 0 Å². The molecule has 0 N–H and O–H groups in total. The molecule has 1 aliphatic rings. The van der Waals surface area contributed by atoms with Gasteiger partial charge in [0.25, 0.3) is 0 Å². The van der Waals surface area contributed by atoms with Crippen LogP contribution in [0.25, 0.3) is 0 Å². The highest BCUT2D eigenvalue weighted by Gasteiger charge is 2.21. The average Bonchev–Trinajstić information content (AvgIpc) is 2.21. The van der Waals surface area contributed by atoms with Gasteiger partial charge in [-0.15, -0.1) is 0 Å². The molecule has 2 heteroatoms. The molecule has 0 aromatic carbocycles. The minimum atomic E-state index is 0.735. The van der Waals surface area contributed by atoms with Crippen molar-refractivity contribution in [3.63, 3.8) is 0 Å². The van der Waals surface area contributed by atoms with Gasteiger partial charge in [0.2, 0.25) is 0 Å². The number of nitrogens with zero attached hydrogens (tertiary/aromatic N) is 1. The molecule has 1 heterocycles. The molecule has 0 atom stereocenters. The summed E-state index contributed by atoms with van der Waals surface area (Å²) in [5.41, 5.74) is 1.57. The first-order valence-corrected chi connectivity index (χ1v) is 5.67. The Kier molecular flexibility index (Phi) is 4.46. The molecule has 0 saturated heterocycles. The van der Waals surface area contributed by atoms with Crippen molar-refractivity contribution < 1.29 is 4.74 Å². The average molecular weight is 197 g/mol. The highest BCUT2D eigenvalue weighted by molar-refractivity contribution is 5.16. The van der Waals surface area contributed by atoms with E-state index in [-0.39, 0.29) is 0 Å². The first kappa shape index (κ1) is 11.6. The number of rotatable bonds is 4. The van der Waals surface area contributed by atoms with Crippen LogP contribution in [0, 0.1) is 5.92 Å². The molecule has 1 rings (SSSR count). The zero-order valence-corrected chi connectivity index (χ0v) is 9.97. The summed E-state index contributed by atoms with van der Waals surface area (Å²) >= 11 is 0. The molecule has 14 heavy (non-hydrogen) atoms. The number of likely N-dealkylation sites (N-methyl/N-ethyl adjacent to an activating group) is 1. The molecular formula is C12H23NO. The largest absolute Gasteiger partial charge is 0.500 e. The third-order valence-corrected chi connectivity index (χ3v) is 3.26. The van der Waals surface area contributed by atoms with Gasteiger partial charge < -0.3 is 4.74 Å². The van der Waals surface area contributed by atoms with Gasteiger partial charge in [0.05, 0.1) is 13.7 Å². The maximum atomic E-state index is 5.50. The molecular weight excluding hydrogens is 174 g/mol. The Labute approximate surface area is 87.9 Å². The van der Waals surface area contributed by atoms with Gasteiger partial charge in [-0.2, -0.15) is 0 Å². The quantitative estimate of drug-likeness (QED) is 0.687. The molecule has 0 amide bonds. The van der Waals surface area contributed by atoms with Crippen LogP contribution in [0.3, 0.4) is 0 Å². The molecule has 0 saturated carbocycles. The zero-order valence-electron chi connectivity index (χ0n) is 9.97. The Morgan fingerprint density at radius 2 is 2.00 bits per heavy atom. The fraction of sp³-hybridized carbons (Fsp3) is 0.833. The van der Waals surface area contributed by atoms with Crippen LogP contribution in [0.1, 0.15) is 33.1 Å². The molecule has 2 nitrogen and oxygen atoms in total. The number of hydrogen-bond donors (Lipinski definition) is 0. The monoisotopic (exact) mass is 197 g/mol. The van der Waals surface area contributed by atoms with Gasteiger partial charge in [-0.3, -0.25) is 4.90 Å². The highest BCUT2D eigenvalue weighted by Crippen LogP contribution is 2.28. The first-order chi connectivity index (χ1) is 6.72. The van der Waals surface area contributed by atoms with Crippen molar-refractivity contribution in [2.24, 2.45) is 5.92 Å². The Bertz CT molecular complexity index is 206. The van der Waals surface area contributed by atoms with Crippen molar-refractivity contribution >= 4 is 0 Å². The van der Waals surface area contributed by atoms with Crippen LogP contribution in [0.5, 0.6) is 0 Å². The molecule has 1 aliphatic heterocycles. The zero-order chi connectivity index (χ0) is 10.6. The molecule has 0 bridgehead atoms. The minimum Gasteiger partial charge on any atom is -0.500 e. The Hall–Kier alpha value is -0.500. The third-order valence-electron chi connectivity index (χ3n) is 3.26. The van der Waals surface area contributed by atoms with Crippen LogP contribution in [-0.4, -0.2) is 32.1 Å². The fourth-order valence-electron chi connectivity index (χ4n) is 2.29. The second kappa shape index (κ2) is 5.40. The van der Waals surface area contributed by atoms with E-state index in [9.17, 15) is 0 Å². The smallest absolute Gasteiger partial charge is 0.109 e. The lowest BCUT2D eigenvalue weighted by Gasteiger charge is -2.30. The van der Waals surface area contributed by atoms with Crippen LogP contribution < -0.4 is 0 Å². The predicted molar refractivity (Wildman–Crippen MR) is 60.2 cm³/mol. The molecule has 0 unspecified atom stereocenters. The summed E-state index contributed by atoms with van der Waals surface area (Å²) in [4.78, 5) is 2.32. The highest BCUT2D eigenvalue weighted by atomic mass is 16.5. The number of hydrogen-bond acceptors (Lipinski definition) is 2. The van der Waals surface area contributed by atoms with Crippen molar-refractivity contribution in [3.8, 4) is 0 Å². The standard InChI is InChI=1S/C12H23NO/c1-5-10(6-2)11-7-8-13(3)9-12(11)14-4/h10H,5-9H2,1-4H3. The molecule has 0 aliphatic carbocycles. The van der Waals surface area contributed by atoms with Crippen LogP contribution >= 0.6 is 0 Å². The van der Waals surface area contributed by atoms with Crippen molar-refractivity contribution in [2.75, 3.05) is 27.2 Å². The van der Waals surface area contributed by atoms with E-state index in [1.54, 1.807) is 12.7 Å². The maximum absolute atomic E-state index is 5.50. The number of methoxy groups -OCH3 is 1. The normalized spacial score (nSPS) is 19.2. The molecule has 0 spiro atoms. The lowest BCUT2D eigenvalue weighted by atomic mass is 9.88. The Balaban J connectivity index is 2.80. The van der Waals surface area contributed by atoms with E-state index in [1.807, 2.05) is 0 Å². The third kappa shape index (κ3) is 2.50. The maximum Gasteiger partial charge on any atom is 0.109 e. The van der Waals surface area contributed by atoms with E-state index in [2.05, 4.69) is 25.8 Å². The Morgan fingerprint density at radius 1 is 1.36 bits per heavy atom. The van der Waals surface area contributed by atoms with Crippen molar-refractivity contribution in [2.45, 2.75) is 33.1 Å². The van der Waals surface area contributed by atoms with E-state index in [4.69, 9.17) is 4.74 Å². The predicted octanol–water partition coefficient (Wildman–Crippen LogP) is 2.66. The van der Waals surface area contributed by atoms with Crippen molar-refractivity contribution in [1.82, 2.24) is 4.90 Å². The summed E-state index contributed by atoms with van der Waals surface area (Å²) < 4.78 is 5.50. The summed E-state index contributed by atoms with van der Waals surface area (Å²) in [6.45, 7) is 6.71. The van der Waals surface area contributed by atoms with Crippen molar-refractivity contribution in [1.29, 1.82) is 0 Å². The van der Waals surface area contributed by atoms with Gasteiger partial charge in [-0.05, 0) is 37.8 Å². The van der Waals surface area contributed by atoms with E-state index >= 15 is 0 Å². The van der Waals surface area contributed by atoms with Crippen LogP contribution in [0.15, 0.2) is 11.3 Å². The topological polar surface area (TPSA) is 12.5 Å². The summed E-state index contributed by atoms with van der Waals surface area (Å²) in [6.07, 6.45) is 3.66. The lowest BCUT2D eigenvalue weighted by molar-refractivity contribution is 0.204.